The molecule has 1 heterocycles. The molecule has 0 aliphatic carbocycles. The van der Waals surface area contributed by atoms with Gasteiger partial charge in [-0.3, -0.25) is 4.79 Å². The fourth-order valence-electron chi connectivity index (χ4n) is 3.01. The van der Waals surface area contributed by atoms with Crippen LogP contribution in [-0.2, 0) is 0 Å². The summed E-state index contributed by atoms with van der Waals surface area (Å²) in [5.41, 5.74) is 1.81. The van der Waals surface area contributed by atoms with Gasteiger partial charge in [-0.05, 0) is 50.8 Å². The molecule has 1 aliphatic heterocycles. The first-order valence-corrected chi connectivity index (χ1v) is 7.65. The maximum Gasteiger partial charge on any atom is 0.251 e. The van der Waals surface area contributed by atoms with Gasteiger partial charge in [-0.1, -0.05) is 25.1 Å². The normalized spacial score (nSPS) is 21.4. The highest BCUT2D eigenvalue weighted by Gasteiger charge is 2.19. The van der Waals surface area contributed by atoms with Crippen molar-refractivity contribution in [2.24, 2.45) is 5.92 Å². The maximum absolute atomic E-state index is 12.3. The molecule has 0 bridgehead atoms. The van der Waals surface area contributed by atoms with Crippen molar-refractivity contribution in [3.05, 3.63) is 35.4 Å². The summed E-state index contributed by atoms with van der Waals surface area (Å²) in [7, 11) is 0. The quantitative estimate of drug-likeness (QED) is 0.915. The molecule has 2 rings (SSSR count). The van der Waals surface area contributed by atoms with Crippen LogP contribution < -0.4 is 5.32 Å². The Hall–Kier alpha value is -1.35. The van der Waals surface area contributed by atoms with E-state index in [0.29, 0.717) is 0 Å². The standard InChI is InChI=1S/C17H26N2O/c1-13-7-6-10-19(11-13)12-15(3)18-17(20)16-9-5-4-8-14(16)2/h4-5,8-9,13,15H,6-7,10-12H2,1-3H3,(H,18,20). The van der Waals surface area contributed by atoms with Crippen LogP contribution in [0.5, 0.6) is 0 Å². The minimum Gasteiger partial charge on any atom is -0.348 e. The molecule has 0 spiro atoms. The number of carbonyl (C=O) groups excluding carboxylic acids is 1. The average Bonchev–Trinajstić information content (AvgIpc) is 2.38. The van der Waals surface area contributed by atoms with E-state index >= 15 is 0 Å². The lowest BCUT2D eigenvalue weighted by Crippen LogP contribution is -2.45. The van der Waals surface area contributed by atoms with Crippen LogP contribution in [0.3, 0.4) is 0 Å². The van der Waals surface area contributed by atoms with Gasteiger partial charge in [0.1, 0.15) is 0 Å². The molecule has 1 amide bonds. The number of hydrogen-bond acceptors (Lipinski definition) is 2. The Balaban J connectivity index is 1.86. The molecule has 1 N–H and O–H groups in total. The third kappa shape index (κ3) is 4.07. The van der Waals surface area contributed by atoms with Crippen molar-refractivity contribution in [3.8, 4) is 0 Å². The number of hydrogen-bond donors (Lipinski definition) is 1. The summed E-state index contributed by atoms with van der Waals surface area (Å²) in [6.45, 7) is 9.64. The predicted molar refractivity (Wildman–Crippen MR) is 82.9 cm³/mol. The number of nitrogens with zero attached hydrogens (tertiary/aromatic N) is 1. The van der Waals surface area contributed by atoms with Gasteiger partial charge in [0, 0.05) is 24.7 Å². The van der Waals surface area contributed by atoms with Crippen molar-refractivity contribution < 1.29 is 4.79 Å². The Morgan fingerprint density at radius 2 is 2.20 bits per heavy atom. The van der Waals surface area contributed by atoms with Crippen molar-refractivity contribution in [2.75, 3.05) is 19.6 Å². The molecule has 2 unspecified atom stereocenters. The minimum atomic E-state index is 0.0423. The summed E-state index contributed by atoms with van der Waals surface area (Å²) in [6, 6.07) is 7.93. The zero-order chi connectivity index (χ0) is 14.5. The largest absolute Gasteiger partial charge is 0.348 e. The van der Waals surface area contributed by atoms with Crippen LogP contribution in [-0.4, -0.2) is 36.5 Å². The molecule has 3 heteroatoms. The molecule has 1 aliphatic rings. The van der Waals surface area contributed by atoms with E-state index in [4.69, 9.17) is 0 Å². The van der Waals surface area contributed by atoms with Gasteiger partial charge in [0.2, 0.25) is 0 Å². The highest BCUT2D eigenvalue weighted by Crippen LogP contribution is 2.15. The zero-order valence-corrected chi connectivity index (χ0v) is 12.9. The minimum absolute atomic E-state index is 0.0423. The second kappa shape index (κ2) is 6.89. The van der Waals surface area contributed by atoms with Crippen LogP contribution in [0.15, 0.2) is 24.3 Å². The van der Waals surface area contributed by atoms with Crippen molar-refractivity contribution in [1.29, 1.82) is 0 Å². The van der Waals surface area contributed by atoms with E-state index in [1.54, 1.807) is 0 Å². The second-order valence-electron chi connectivity index (χ2n) is 6.20. The first-order chi connectivity index (χ1) is 9.56. The maximum atomic E-state index is 12.3. The molecule has 0 radical (unpaired) electrons. The van der Waals surface area contributed by atoms with E-state index < -0.39 is 0 Å². The van der Waals surface area contributed by atoms with Crippen LogP contribution in [0.1, 0.15) is 42.6 Å². The second-order valence-corrected chi connectivity index (χ2v) is 6.20. The van der Waals surface area contributed by atoms with E-state index in [9.17, 15) is 4.79 Å². The monoisotopic (exact) mass is 274 g/mol. The van der Waals surface area contributed by atoms with Gasteiger partial charge in [0.25, 0.3) is 5.91 Å². The molecule has 0 saturated carbocycles. The number of amides is 1. The van der Waals surface area contributed by atoms with E-state index in [1.165, 1.54) is 12.8 Å². The molecular weight excluding hydrogens is 248 g/mol. The van der Waals surface area contributed by atoms with Gasteiger partial charge in [0.05, 0.1) is 0 Å². The molecule has 1 fully saturated rings. The highest BCUT2D eigenvalue weighted by atomic mass is 16.1. The SMILES string of the molecule is Cc1ccccc1C(=O)NC(C)CN1CCCC(C)C1. The van der Waals surface area contributed by atoms with Gasteiger partial charge in [-0.25, -0.2) is 0 Å². The lowest BCUT2D eigenvalue weighted by Gasteiger charge is -2.32. The van der Waals surface area contributed by atoms with E-state index in [0.717, 1.165) is 36.7 Å². The van der Waals surface area contributed by atoms with Gasteiger partial charge in [-0.15, -0.1) is 0 Å². The summed E-state index contributed by atoms with van der Waals surface area (Å²) < 4.78 is 0. The smallest absolute Gasteiger partial charge is 0.251 e. The Morgan fingerprint density at radius 3 is 2.90 bits per heavy atom. The first kappa shape index (κ1) is 15.0. The fraction of sp³-hybridized carbons (Fsp3) is 0.588. The third-order valence-electron chi connectivity index (χ3n) is 4.04. The number of rotatable bonds is 4. The number of benzene rings is 1. The molecule has 0 aromatic heterocycles. The molecule has 3 nitrogen and oxygen atoms in total. The summed E-state index contributed by atoms with van der Waals surface area (Å²) >= 11 is 0. The molecule has 1 aromatic rings. The Bertz CT molecular complexity index is 458. The van der Waals surface area contributed by atoms with Crippen molar-refractivity contribution >= 4 is 5.91 Å². The molecule has 110 valence electrons. The fourth-order valence-corrected chi connectivity index (χ4v) is 3.01. The predicted octanol–water partition coefficient (Wildman–Crippen LogP) is 2.85. The van der Waals surface area contributed by atoms with E-state index in [1.807, 2.05) is 31.2 Å². The van der Waals surface area contributed by atoms with Crippen LogP contribution in [0.25, 0.3) is 0 Å². The van der Waals surface area contributed by atoms with Crippen LogP contribution in [0, 0.1) is 12.8 Å². The Labute approximate surface area is 122 Å². The molecule has 1 aromatic carbocycles. The van der Waals surface area contributed by atoms with Crippen molar-refractivity contribution in [1.82, 2.24) is 10.2 Å². The first-order valence-electron chi connectivity index (χ1n) is 7.65. The number of aryl methyl sites for hydroxylation is 1. The molecule has 1 saturated heterocycles. The summed E-state index contributed by atoms with van der Waals surface area (Å²) in [5.74, 6) is 0.823. The van der Waals surface area contributed by atoms with Crippen LogP contribution >= 0.6 is 0 Å². The molecular formula is C17H26N2O. The van der Waals surface area contributed by atoms with Crippen LogP contribution in [0.2, 0.25) is 0 Å². The summed E-state index contributed by atoms with van der Waals surface area (Å²) in [4.78, 5) is 14.7. The van der Waals surface area contributed by atoms with Gasteiger partial charge >= 0.3 is 0 Å². The van der Waals surface area contributed by atoms with Crippen LogP contribution in [0.4, 0.5) is 0 Å². The van der Waals surface area contributed by atoms with E-state index in [2.05, 4.69) is 24.1 Å². The van der Waals surface area contributed by atoms with Gasteiger partial charge in [-0.2, -0.15) is 0 Å². The highest BCUT2D eigenvalue weighted by molar-refractivity contribution is 5.95. The molecule has 20 heavy (non-hydrogen) atoms. The number of nitrogens with one attached hydrogen (secondary N) is 1. The van der Waals surface area contributed by atoms with Crippen molar-refractivity contribution in [3.63, 3.8) is 0 Å². The van der Waals surface area contributed by atoms with E-state index in [-0.39, 0.29) is 11.9 Å². The third-order valence-corrected chi connectivity index (χ3v) is 4.04. The summed E-state index contributed by atoms with van der Waals surface area (Å²) in [5, 5.41) is 3.12. The number of piperidine rings is 1. The van der Waals surface area contributed by atoms with Gasteiger partial charge < -0.3 is 10.2 Å². The Kier molecular flexibility index (Phi) is 5.18. The number of likely N-dealkylation sites (tertiary alicyclic amines) is 1. The lowest BCUT2D eigenvalue weighted by molar-refractivity contribution is 0.0919. The molecule has 2 atom stereocenters. The topological polar surface area (TPSA) is 32.3 Å². The van der Waals surface area contributed by atoms with Crippen molar-refractivity contribution in [2.45, 2.75) is 39.7 Å². The summed E-state index contributed by atoms with van der Waals surface area (Å²) in [6.07, 6.45) is 2.61. The van der Waals surface area contributed by atoms with Gasteiger partial charge in [0.15, 0.2) is 0 Å². The number of carbonyl (C=O) groups is 1. The Morgan fingerprint density at radius 1 is 1.45 bits per heavy atom. The average molecular weight is 274 g/mol. The lowest BCUT2D eigenvalue weighted by atomic mass is 10.00. The zero-order valence-electron chi connectivity index (χ0n) is 12.9.